The van der Waals surface area contributed by atoms with Crippen LogP contribution in [0.15, 0.2) is 85.2 Å². The quantitative estimate of drug-likeness (QED) is 0.198. The number of amides is 2. The van der Waals surface area contributed by atoms with E-state index in [-0.39, 0.29) is 11.8 Å². The van der Waals surface area contributed by atoms with Gasteiger partial charge in [-0.05, 0) is 116 Å². The van der Waals surface area contributed by atoms with Gasteiger partial charge in [-0.2, -0.15) is 5.26 Å². The second kappa shape index (κ2) is 15.7. The second-order valence-electron chi connectivity index (χ2n) is 13.1. The van der Waals surface area contributed by atoms with E-state index in [0.29, 0.717) is 36.3 Å². The van der Waals surface area contributed by atoms with Crippen LogP contribution in [0, 0.1) is 25.2 Å². The van der Waals surface area contributed by atoms with Crippen LogP contribution < -0.4 is 10.2 Å². The van der Waals surface area contributed by atoms with Crippen molar-refractivity contribution in [1.82, 2.24) is 20.1 Å². The van der Waals surface area contributed by atoms with Crippen molar-refractivity contribution in [2.45, 2.75) is 58.7 Å². The van der Waals surface area contributed by atoms with Gasteiger partial charge in [0, 0.05) is 81.6 Å². The summed E-state index contributed by atoms with van der Waals surface area (Å²) >= 11 is 0. The molecule has 1 atom stereocenters. The van der Waals surface area contributed by atoms with Crippen LogP contribution in [0.1, 0.15) is 69.2 Å². The molecule has 1 N–H and O–H groups in total. The number of piperidine rings is 1. The molecule has 0 radical (unpaired) electrons. The molecule has 5 rings (SSSR count). The maximum absolute atomic E-state index is 13.2. The molecule has 2 heterocycles. The largest absolute Gasteiger partial charge is 0.364 e. The third-order valence-electron chi connectivity index (χ3n) is 9.45. The summed E-state index contributed by atoms with van der Waals surface area (Å²) in [4.78, 5) is 36.4. The fraction of sp³-hybridized carbons (Fsp3) is 0.350. The van der Waals surface area contributed by atoms with Gasteiger partial charge in [0.15, 0.2) is 0 Å². The first kappa shape index (κ1) is 34.3. The number of nitriles is 1. The highest BCUT2D eigenvalue weighted by molar-refractivity contribution is 5.98. The van der Waals surface area contributed by atoms with Crippen LogP contribution in [-0.2, 0) is 6.54 Å². The Hall–Kier alpha value is -5.00. The molecule has 8 nitrogen and oxygen atoms in total. The van der Waals surface area contributed by atoms with Crippen molar-refractivity contribution in [3.63, 3.8) is 0 Å². The normalized spacial score (nSPS) is 14.2. The van der Waals surface area contributed by atoms with Gasteiger partial charge >= 0.3 is 0 Å². The molecule has 8 heteroatoms. The number of aromatic nitrogens is 1. The van der Waals surface area contributed by atoms with Crippen molar-refractivity contribution in [3.8, 4) is 17.2 Å². The molecule has 1 fully saturated rings. The lowest BCUT2D eigenvalue weighted by molar-refractivity contribution is 0.0827. The van der Waals surface area contributed by atoms with E-state index in [2.05, 4.69) is 51.3 Å². The molecule has 0 saturated carbocycles. The highest BCUT2D eigenvalue weighted by Crippen LogP contribution is 2.28. The Balaban J connectivity index is 1.19. The zero-order chi connectivity index (χ0) is 34.2. The average molecular weight is 643 g/mol. The lowest BCUT2D eigenvalue weighted by Crippen LogP contribution is -2.48. The van der Waals surface area contributed by atoms with Gasteiger partial charge < -0.3 is 20.0 Å². The summed E-state index contributed by atoms with van der Waals surface area (Å²) in [6.07, 6.45) is 6.43. The molecule has 1 saturated heterocycles. The SMILES string of the molecule is Cc1cc(-c2ccncc2)cc(C)c1C(=O)NCCC(C)N1CCC(N(Cc2cccc(C#N)c2)c2ccc(C(=O)N(C)C)cc2)CC1. The Labute approximate surface area is 285 Å². The zero-order valence-electron chi connectivity index (χ0n) is 28.7. The van der Waals surface area contributed by atoms with Crippen molar-refractivity contribution in [2.24, 2.45) is 0 Å². The molecule has 2 amide bonds. The number of aryl methyl sites for hydroxylation is 2. The summed E-state index contributed by atoms with van der Waals surface area (Å²) in [5.41, 5.74) is 8.35. The van der Waals surface area contributed by atoms with Crippen LogP contribution in [0.25, 0.3) is 11.1 Å². The number of hydrogen-bond donors (Lipinski definition) is 1. The number of hydrogen-bond acceptors (Lipinski definition) is 6. The maximum atomic E-state index is 13.2. The van der Waals surface area contributed by atoms with Crippen molar-refractivity contribution in [3.05, 3.63) is 119 Å². The number of benzene rings is 3. The molecule has 4 aromatic rings. The predicted molar refractivity (Wildman–Crippen MR) is 192 cm³/mol. The molecular weight excluding hydrogens is 596 g/mol. The Bertz CT molecular complexity index is 1730. The first-order valence-corrected chi connectivity index (χ1v) is 16.8. The Morgan fingerprint density at radius 2 is 1.62 bits per heavy atom. The molecule has 0 bridgehead atoms. The van der Waals surface area contributed by atoms with Crippen LogP contribution in [-0.4, -0.2) is 72.4 Å². The summed E-state index contributed by atoms with van der Waals surface area (Å²) in [5.74, 6) is -0.0379. The first-order chi connectivity index (χ1) is 23.1. The highest BCUT2D eigenvalue weighted by Gasteiger charge is 2.28. The van der Waals surface area contributed by atoms with Gasteiger partial charge in [0.1, 0.15) is 0 Å². The molecular formula is C40H46N6O2. The minimum absolute atomic E-state index is 0.0162. The fourth-order valence-corrected chi connectivity index (χ4v) is 6.76. The molecule has 3 aromatic carbocycles. The van der Waals surface area contributed by atoms with E-state index in [4.69, 9.17) is 0 Å². The number of carbonyl (C=O) groups is 2. The zero-order valence-corrected chi connectivity index (χ0v) is 28.7. The van der Waals surface area contributed by atoms with Crippen molar-refractivity contribution in [1.29, 1.82) is 5.26 Å². The topological polar surface area (TPSA) is 92.6 Å². The summed E-state index contributed by atoms with van der Waals surface area (Å²) < 4.78 is 0. The molecule has 0 aliphatic carbocycles. The van der Waals surface area contributed by atoms with Crippen molar-refractivity contribution in [2.75, 3.05) is 38.6 Å². The van der Waals surface area contributed by atoms with Gasteiger partial charge in [-0.25, -0.2) is 0 Å². The Kier molecular flexibility index (Phi) is 11.3. The average Bonchev–Trinajstić information content (AvgIpc) is 3.10. The van der Waals surface area contributed by atoms with E-state index in [1.54, 1.807) is 31.4 Å². The number of pyridine rings is 1. The van der Waals surface area contributed by atoms with Gasteiger partial charge in [-0.1, -0.05) is 24.3 Å². The molecule has 1 aliphatic rings. The minimum Gasteiger partial charge on any atom is -0.364 e. The van der Waals surface area contributed by atoms with Gasteiger partial charge in [-0.3, -0.25) is 14.6 Å². The van der Waals surface area contributed by atoms with Crippen LogP contribution in [0.4, 0.5) is 5.69 Å². The van der Waals surface area contributed by atoms with E-state index in [0.717, 1.165) is 71.4 Å². The van der Waals surface area contributed by atoms with Gasteiger partial charge in [-0.15, -0.1) is 0 Å². The van der Waals surface area contributed by atoms with Gasteiger partial charge in [0.25, 0.3) is 11.8 Å². The Morgan fingerprint density at radius 3 is 2.25 bits per heavy atom. The van der Waals surface area contributed by atoms with E-state index in [9.17, 15) is 14.9 Å². The van der Waals surface area contributed by atoms with Crippen LogP contribution in [0.5, 0.6) is 0 Å². The van der Waals surface area contributed by atoms with Crippen molar-refractivity contribution < 1.29 is 9.59 Å². The number of anilines is 1. The van der Waals surface area contributed by atoms with E-state index in [1.165, 1.54) is 0 Å². The van der Waals surface area contributed by atoms with Gasteiger partial charge in [0.05, 0.1) is 11.6 Å². The third-order valence-corrected chi connectivity index (χ3v) is 9.45. The molecule has 0 spiro atoms. The molecule has 1 aliphatic heterocycles. The second-order valence-corrected chi connectivity index (χ2v) is 13.1. The smallest absolute Gasteiger partial charge is 0.253 e. The monoisotopic (exact) mass is 642 g/mol. The number of likely N-dealkylation sites (tertiary alicyclic amines) is 1. The van der Waals surface area contributed by atoms with E-state index in [1.807, 2.05) is 68.4 Å². The summed E-state index contributed by atoms with van der Waals surface area (Å²) in [5, 5.41) is 12.6. The lowest BCUT2D eigenvalue weighted by Gasteiger charge is -2.42. The number of rotatable bonds is 11. The Morgan fingerprint density at radius 1 is 0.958 bits per heavy atom. The predicted octanol–water partition coefficient (Wildman–Crippen LogP) is 6.62. The molecule has 1 unspecified atom stereocenters. The number of carbonyl (C=O) groups excluding carboxylic acids is 2. The molecule has 48 heavy (non-hydrogen) atoms. The third kappa shape index (κ3) is 8.28. The van der Waals surface area contributed by atoms with Crippen LogP contribution in [0.2, 0.25) is 0 Å². The van der Waals surface area contributed by atoms with E-state index < -0.39 is 0 Å². The first-order valence-electron chi connectivity index (χ1n) is 16.8. The lowest BCUT2D eigenvalue weighted by atomic mass is 9.95. The van der Waals surface area contributed by atoms with E-state index >= 15 is 0 Å². The summed E-state index contributed by atoms with van der Waals surface area (Å²) in [7, 11) is 3.52. The van der Waals surface area contributed by atoms with Crippen molar-refractivity contribution >= 4 is 17.5 Å². The summed E-state index contributed by atoms with van der Waals surface area (Å²) in [6.45, 7) is 9.47. The van der Waals surface area contributed by atoms with Crippen LogP contribution in [0.3, 0.4) is 0 Å². The molecule has 248 valence electrons. The standard InChI is InChI=1S/C40H46N6O2/c1-28-23-35(33-14-18-42-19-15-33)24-29(2)38(28)39(47)43-20-13-30(3)45-21-16-37(17-22-45)46(27-32-8-6-7-31(25-32)26-41)36-11-9-34(10-12-36)40(48)44(4)5/h6-12,14-15,18-19,23-25,30,37H,13,16-17,20-22,27H2,1-5H3,(H,43,47). The summed E-state index contributed by atoms with van der Waals surface area (Å²) in [6, 6.07) is 26.7. The fourth-order valence-electron chi connectivity index (χ4n) is 6.76. The minimum atomic E-state index is -0.0217. The number of nitrogens with zero attached hydrogens (tertiary/aromatic N) is 5. The molecule has 1 aromatic heterocycles. The number of nitrogens with one attached hydrogen (secondary N) is 1. The highest BCUT2D eigenvalue weighted by atomic mass is 16.2. The van der Waals surface area contributed by atoms with Crippen LogP contribution >= 0.6 is 0 Å². The van der Waals surface area contributed by atoms with Gasteiger partial charge in [0.2, 0.25) is 0 Å². The maximum Gasteiger partial charge on any atom is 0.253 e.